The number of nitrogens with two attached hydrogens (primary N) is 1. The number of rotatable bonds is 9. The van der Waals surface area contributed by atoms with E-state index in [1.165, 1.54) is 20.0 Å². The van der Waals surface area contributed by atoms with Crippen molar-refractivity contribution in [2.75, 3.05) is 21.2 Å². The van der Waals surface area contributed by atoms with Gasteiger partial charge in [0.25, 0.3) is 5.91 Å². The number of carbonyl (C=O) groups excluding carboxylic acids is 1. The molecular weight excluding hydrogens is 254 g/mol. The Bertz CT molecular complexity index is 417. The Hall–Kier alpha value is -1.96. The third-order valence-electron chi connectivity index (χ3n) is 2.98. The zero-order valence-corrected chi connectivity index (χ0v) is 12.9. The Morgan fingerprint density at radius 2 is 2.00 bits per heavy atom. The van der Waals surface area contributed by atoms with Crippen molar-refractivity contribution in [3.8, 4) is 6.07 Å². The van der Waals surface area contributed by atoms with Gasteiger partial charge >= 0.3 is 0 Å². The number of hydrogen-bond donors (Lipinski definition) is 1. The van der Waals surface area contributed by atoms with Crippen LogP contribution in [0.5, 0.6) is 0 Å². The van der Waals surface area contributed by atoms with Crippen LogP contribution in [0.15, 0.2) is 23.1 Å². The molecule has 0 spiro atoms. The Morgan fingerprint density at radius 1 is 1.35 bits per heavy atom. The first kappa shape index (κ1) is 18.0. The fourth-order valence-electron chi connectivity index (χ4n) is 1.77. The molecule has 0 fully saturated rings. The van der Waals surface area contributed by atoms with Gasteiger partial charge in [0.2, 0.25) is 0 Å². The Labute approximate surface area is 121 Å². The lowest BCUT2D eigenvalue weighted by atomic mass is 10.1. The number of nitrogens with zero attached hydrogens (tertiary/aromatic N) is 2. The summed E-state index contributed by atoms with van der Waals surface area (Å²) in [4.78, 5) is 13.2. The molecule has 1 amide bonds. The van der Waals surface area contributed by atoms with Crippen LogP contribution in [0.1, 0.15) is 39.0 Å². The summed E-state index contributed by atoms with van der Waals surface area (Å²) in [5.41, 5.74) is 6.03. The molecule has 20 heavy (non-hydrogen) atoms. The van der Waals surface area contributed by atoms with Crippen LogP contribution >= 0.6 is 0 Å². The van der Waals surface area contributed by atoms with Gasteiger partial charge in [0.05, 0.1) is 7.11 Å². The van der Waals surface area contributed by atoms with Crippen molar-refractivity contribution in [1.82, 2.24) is 4.90 Å². The van der Waals surface area contributed by atoms with E-state index in [2.05, 4.69) is 6.92 Å². The summed E-state index contributed by atoms with van der Waals surface area (Å²) < 4.78 is 5.13. The summed E-state index contributed by atoms with van der Waals surface area (Å²) in [5, 5.41) is 8.96. The van der Waals surface area contributed by atoms with Gasteiger partial charge in [-0.3, -0.25) is 4.79 Å². The highest BCUT2D eigenvalue weighted by atomic mass is 16.5. The molecule has 112 valence electrons. The summed E-state index contributed by atoms with van der Waals surface area (Å²) in [5.74, 6) is -0.552. The van der Waals surface area contributed by atoms with Gasteiger partial charge in [0.15, 0.2) is 5.57 Å². The molecule has 0 aliphatic heterocycles. The van der Waals surface area contributed by atoms with Crippen LogP contribution in [0.25, 0.3) is 0 Å². The molecule has 0 bridgehead atoms. The van der Waals surface area contributed by atoms with E-state index in [1.54, 1.807) is 12.1 Å². The maximum absolute atomic E-state index is 11.2. The maximum Gasteiger partial charge on any atom is 0.263 e. The average Bonchev–Trinajstić information content (AvgIpc) is 2.40. The van der Waals surface area contributed by atoms with E-state index >= 15 is 0 Å². The molecule has 0 aliphatic carbocycles. The largest absolute Gasteiger partial charge is 0.495 e. The zero-order valence-electron chi connectivity index (χ0n) is 12.9. The summed E-state index contributed by atoms with van der Waals surface area (Å²) in [7, 11) is 5.28. The highest BCUT2D eigenvalue weighted by molar-refractivity contribution is 5.96. The van der Waals surface area contributed by atoms with Crippen molar-refractivity contribution < 1.29 is 9.53 Å². The molecule has 0 atom stereocenters. The van der Waals surface area contributed by atoms with Crippen molar-refractivity contribution in [1.29, 1.82) is 5.26 Å². The molecule has 5 heteroatoms. The van der Waals surface area contributed by atoms with Gasteiger partial charge in [-0.15, -0.1) is 0 Å². The summed E-state index contributed by atoms with van der Waals surface area (Å²) in [6, 6.07) is 1.79. The second kappa shape index (κ2) is 9.90. The van der Waals surface area contributed by atoms with Crippen LogP contribution in [0.4, 0.5) is 0 Å². The van der Waals surface area contributed by atoms with Crippen molar-refractivity contribution in [2.45, 2.75) is 39.0 Å². The molecule has 0 aliphatic rings. The lowest BCUT2D eigenvalue weighted by Crippen LogP contribution is -2.16. The lowest BCUT2D eigenvalue weighted by Gasteiger charge is -2.18. The minimum Gasteiger partial charge on any atom is -0.495 e. The fraction of sp³-hybridized carbons (Fsp3) is 0.600. The number of primary amides is 1. The SMILES string of the molecule is CCCCCC/C(=C/C(OC)=C(/C#N)C(N)=O)N(C)C. The predicted octanol–water partition coefficient (Wildman–Crippen LogP) is 2.31. The molecule has 0 heterocycles. The first-order valence-electron chi connectivity index (χ1n) is 6.83. The molecule has 0 saturated carbocycles. The van der Waals surface area contributed by atoms with Gasteiger partial charge in [-0.2, -0.15) is 5.26 Å². The van der Waals surface area contributed by atoms with Crippen LogP contribution in [0, 0.1) is 11.3 Å². The second-order valence-corrected chi connectivity index (χ2v) is 4.76. The van der Waals surface area contributed by atoms with Crippen molar-refractivity contribution >= 4 is 5.91 Å². The molecular formula is C15H25N3O2. The van der Waals surface area contributed by atoms with Crippen molar-refractivity contribution in [3.05, 3.63) is 23.1 Å². The molecule has 5 nitrogen and oxygen atoms in total. The number of unbranched alkanes of at least 4 members (excludes halogenated alkanes) is 3. The monoisotopic (exact) mass is 279 g/mol. The Kier molecular flexibility index (Phi) is 8.93. The lowest BCUT2D eigenvalue weighted by molar-refractivity contribution is -0.114. The number of carbonyl (C=O) groups is 1. The van der Waals surface area contributed by atoms with Crippen LogP contribution in [0.3, 0.4) is 0 Å². The van der Waals surface area contributed by atoms with E-state index in [4.69, 9.17) is 15.7 Å². The average molecular weight is 279 g/mol. The summed E-state index contributed by atoms with van der Waals surface area (Å²) in [6.07, 6.45) is 7.21. The molecule has 0 aromatic rings. The van der Waals surface area contributed by atoms with Crippen LogP contribution in [-0.2, 0) is 9.53 Å². The predicted molar refractivity (Wildman–Crippen MR) is 79.4 cm³/mol. The smallest absolute Gasteiger partial charge is 0.263 e. The summed E-state index contributed by atoms with van der Waals surface area (Å²) in [6.45, 7) is 2.17. The van der Waals surface area contributed by atoms with E-state index in [0.717, 1.165) is 25.0 Å². The molecule has 0 saturated heterocycles. The van der Waals surface area contributed by atoms with E-state index in [-0.39, 0.29) is 11.3 Å². The van der Waals surface area contributed by atoms with Gasteiger partial charge in [-0.05, 0) is 12.8 Å². The summed E-state index contributed by atoms with van der Waals surface area (Å²) >= 11 is 0. The van der Waals surface area contributed by atoms with E-state index < -0.39 is 5.91 Å². The molecule has 0 aromatic heterocycles. The number of amides is 1. The van der Waals surface area contributed by atoms with E-state index in [0.29, 0.717) is 0 Å². The van der Waals surface area contributed by atoms with Gasteiger partial charge in [0, 0.05) is 25.9 Å². The first-order valence-corrected chi connectivity index (χ1v) is 6.83. The topological polar surface area (TPSA) is 79.3 Å². The molecule has 0 radical (unpaired) electrons. The second-order valence-electron chi connectivity index (χ2n) is 4.76. The molecule has 2 N–H and O–H groups in total. The third-order valence-corrected chi connectivity index (χ3v) is 2.98. The Balaban J connectivity index is 5.14. The van der Waals surface area contributed by atoms with Crippen molar-refractivity contribution in [3.63, 3.8) is 0 Å². The number of nitriles is 1. The van der Waals surface area contributed by atoms with E-state index in [1.807, 2.05) is 19.0 Å². The van der Waals surface area contributed by atoms with Gasteiger partial charge in [0.1, 0.15) is 11.8 Å². The minimum absolute atomic E-state index is 0.152. The Morgan fingerprint density at radius 3 is 2.40 bits per heavy atom. The minimum atomic E-state index is -0.773. The molecule has 0 unspecified atom stereocenters. The van der Waals surface area contributed by atoms with Crippen LogP contribution < -0.4 is 5.73 Å². The number of ether oxygens (including phenoxy) is 1. The standard InChI is InChI=1S/C15H25N3O2/c1-5-6-7-8-9-12(18(2)3)10-14(20-4)13(11-16)15(17)19/h10H,5-9H2,1-4H3,(H2,17,19)/b12-10-,14-13+. The third kappa shape index (κ3) is 6.28. The number of methoxy groups -OCH3 is 1. The van der Waals surface area contributed by atoms with Crippen LogP contribution in [0.2, 0.25) is 0 Å². The van der Waals surface area contributed by atoms with Gasteiger partial charge in [-0.25, -0.2) is 0 Å². The zero-order chi connectivity index (χ0) is 15.5. The number of hydrogen-bond acceptors (Lipinski definition) is 4. The van der Waals surface area contributed by atoms with Crippen LogP contribution in [-0.4, -0.2) is 32.0 Å². The van der Waals surface area contributed by atoms with Gasteiger partial charge in [-0.1, -0.05) is 26.2 Å². The highest BCUT2D eigenvalue weighted by Gasteiger charge is 2.12. The number of allylic oxidation sites excluding steroid dienone is 2. The first-order chi connectivity index (χ1) is 9.47. The quantitative estimate of drug-likeness (QED) is 0.231. The fourth-order valence-corrected chi connectivity index (χ4v) is 1.77. The normalized spacial score (nSPS) is 12.4. The van der Waals surface area contributed by atoms with Crippen molar-refractivity contribution in [2.24, 2.45) is 5.73 Å². The van der Waals surface area contributed by atoms with E-state index in [9.17, 15) is 4.79 Å². The molecule has 0 aromatic carbocycles. The highest BCUT2D eigenvalue weighted by Crippen LogP contribution is 2.16. The maximum atomic E-state index is 11.2. The van der Waals surface area contributed by atoms with Gasteiger partial charge < -0.3 is 15.4 Å². The molecule has 0 rings (SSSR count).